The Kier molecular flexibility index (Phi) is 3.65. The minimum Gasteiger partial charge on any atom is -0.481 e. The normalized spacial score (nSPS) is 22.9. The summed E-state index contributed by atoms with van der Waals surface area (Å²) in [5.41, 5.74) is 1.98. The predicted molar refractivity (Wildman–Crippen MR) is 85.0 cm³/mol. The summed E-state index contributed by atoms with van der Waals surface area (Å²) in [5.74, 6) is 0.983. The molecule has 0 unspecified atom stereocenters. The number of hydrogen-bond acceptors (Lipinski definition) is 5. The molecule has 2 N–H and O–H groups in total. The van der Waals surface area contributed by atoms with E-state index in [9.17, 15) is 9.90 Å². The zero-order valence-electron chi connectivity index (χ0n) is 13.4. The Morgan fingerprint density at radius 1 is 1.38 bits per heavy atom. The van der Waals surface area contributed by atoms with E-state index in [1.54, 1.807) is 6.20 Å². The van der Waals surface area contributed by atoms with Crippen molar-refractivity contribution in [1.29, 1.82) is 0 Å². The molecule has 2 aliphatic rings. The number of fused-ring (bicyclic) bond motifs is 1. The lowest BCUT2D eigenvalue weighted by Crippen LogP contribution is -2.23. The number of aliphatic carboxylic acids is 1. The van der Waals surface area contributed by atoms with Crippen molar-refractivity contribution in [1.82, 2.24) is 14.9 Å². The first-order valence-electron chi connectivity index (χ1n) is 7.95. The average Bonchev–Trinajstić information content (AvgIpc) is 3.26. The number of aromatic nitrogens is 2. The molecule has 1 fully saturated rings. The van der Waals surface area contributed by atoms with Gasteiger partial charge in [0, 0.05) is 30.9 Å². The summed E-state index contributed by atoms with van der Waals surface area (Å²) in [7, 11) is 0. The highest BCUT2D eigenvalue weighted by Crippen LogP contribution is 2.39. The number of nitrogens with one attached hydrogen (secondary N) is 1. The lowest BCUT2D eigenvalue weighted by atomic mass is 9.89. The number of carbonyl (C=O) groups is 1. The molecule has 0 saturated carbocycles. The molecule has 3 heterocycles. The molecule has 0 aliphatic carbocycles. The number of carboxylic acids is 1. The highest BCUT2D eigenvalue weighted by atomic mass is 16.7. The van der Waals surface area contributed by atoms with Crippen molar-refractivity contribution in [2.45, 2.75) is 19.4 Å². The van der Waals surface area contributed by atoms with Gasteiger partial charge in [-0.2, -0.15) is 0 Å². The van der Waals surface area contributed by atoms with Gasteiger partial charge in [-0.15, -0.1) is 0 Å². The van der Waals surface area contributed by atoms with E-state index in [1.807, 2.05) is 25.1 Å². The summed E-state index contributed by atoms with van der Waals surface area (Å²) >= 11 is 0. The van der Waals surface area contributed by atoms with Crippen molar-refractivity contribution < 1.29 is 19.4 Å². The van der Waals surface area contributed by atoms with Gasteiger partial charge in [0.05, 0.1) is 12.5 Å². The quantitative estimate of drug-likeness (QED) is 0.888. The Balaban J connectivity index is 1.55. The Hall–Kier alpha value is -2.54. The van der Waals surface area contributed by atoms with Gasteiger partial charge < -0.3 is 19.6 Å². The van der Waals surface area contributed by atoms with Gasteiger partial charge in [0.25, 0.3) is 0 Å². The van der Waals surface area contributed by atoms with E-state index < -0.39 is 11.9 Å². The minimum absolute atomic E-state index is 0.0759. The number of carboxylic acid groups (broad SMARTS) is 1. The number of nitrogens with zero attached hydrogens (tertiary/aromatic N) is 2. The number of ether oxygens (including phenoxy) is 2. The average molecular weight is 329 g/mol. The van der Waals surface area contributed by atoms with Gasteiger partial charge in [-0.25, -0.2) is 4.98 Å². The van der Waals surface area contributed by atoms with Crippen LogP contribution in [0.25, 0.3) is 0 Å². The van der Waals surface area contributed by atoms with Crippen molar-refractivity contribution in [2.24, 2.45) is 5.92 Å². The minimum atomic E-state index is -0.768. The first-order valence-corrected chi connectivity index (χ1v) is 7.95. The lowest BCUT2D eigenvalue weighted by molar-refractivity contribution is -0.141. The van der Waals surface area contributed by atoms with Crippen molar-refractivity contribution in [2.75, 3.05) is 19.9 Å². The van der Waals surface area contributed by atoms with E-state index in [4.69, 9.17) is 9.47 Å². The number of rotatable bonds is 4. The van der Waals surface area contributed by atoms with Gasteiger partial charge >= 0.3 is 5.97 Å². The van der Waals surface area contributed by atoms with Crippen molar-refractivity contribution in [3.05, 3.63) is 41.5 Å². The fourth-order valence-electron chi connectivity index (χ4n) is 3.51. The molecule has 7 heteroatoms. The van der Waals surface area contributed by atoms with Crippen LogP contribution in [-0.4, -0.2) is 45.8 Å². The van der Waals surface area contributed by atoms with Crippen LogP contribution in [0, 0.1) is 12.8 Å². The SMILES string of the molecule is Cc1cnc(CN2C[C@H](C(=O)O)[C@@H](c3ccc4c(c3)OCO4)C2)[nH]1. The van der Waals surface area contributed by atoms with E-state index in [2.05, 4.69) is 14.9 Å². The molecule has 126 valence electrons. The number of benzene rings is 1. The maximum Gasteiger partial charge on any atom is 0.308 e. The van der Waals surface area contributed by atoms with Crippen LogP contribution in [0.2, 0.25) is 0 Å². The van der Waals surface area contributed by atoms with Crippen molar-refractivity contribution >= 4 is 5.97 Å². The summed E-state index contributed by atoms with van der Waals surface area (Å²) < 4.78 is 10.8. The summed E-state index contributed by atoms with van der Waals surface area (Å²) in [6, 6.07) is 5.70. The Morgan fingerprint density at radius 3 is 2.96 bits per heavy atom. The van der Waals surface area contributed by atoms with Crippen molar-refractivity contribution in [3.8, 4) is 11.5 Å². The second-order valence-electron chi connectivity index (χ2n) is 6.37. The molecule has 0 bridgehead atoms. The smallest absolute Gasteiger partial charge is 0.308 e. The van der Waals surface area contributed by atoms with Gasteiger partial charge in [-0.05, 0) is 24.6 Å². The van der Waals surface area contributed by atoms with E-state index in [-0.39, 0.29) is 12.7 Å². The molecular weight excluding hydrogens is 310 g/mol. The van der Waals surface area contributed by atoms with Gasteiger partial charge in [0.2, 0.25) is 6.79 Å². The Labute approximate surface area is 139 Å². The predicted octanol–water partition coefficient (Wildman–Crippen LogP) is 1.75. The lowest BCUT2D eigenvalue weighted by Gasteiger charge is -2.16. The van der Waals surface area contributed by atoms with E-state index in [0.717, 1.165) is 17.1 Å². The molecule has 24 heavy (non-hydrogen) atoms. The molecule has 1 aromatic heterocycles. The summed E-state index contributed by atoms with van der Waals surface area (Å²) in [5, 5.41) is 9.62. The molecule has 4 rings (SSSR count). The van der Waals surface area contributed by atoms with Crippen LogP contribution < -0.4 is 9.47 Å². The topological polar surface area (TPSA) is 87.7 Å². The van der Waals surface area contributed by atoms with E-state index in [1.165, 1.54) is 0 Å². The van der Waals surface area contributed by atoms with E-state index >= 15 is 0 Å². The molecule has 1 saturated heterocycles. The Morgan fingerprint density at radius 2 is 2.21 bits per heavy atom. The molecule has 0 amide bonds. The summed E-state index contributed by atoms with van der Waals surface area (Å²) in [6.45, 7) is 3.98. The standard InChI is InChI=1S/C17H19N3O4/c1-10-5-18-16(19-10)8-20-6-12(13(7-20)17(21)22)11-2-3-14-15(4-11)24-9-23-14/h2-5,12-13H,6-9H2,1H3,(H,18,19)(H,21,22)/t12-,13+/m1/s1. The highest BCUT2D eigenvalue weighted by Gasteiger charge is 2.39. The van der Waals surface area contributed by atoms with E-state index in [0.29, 0.717) is 31.1 Å². The van der Waals surface area contributed by atoms with Crippen molar-refractivity contribution in [3.63, 3.8) is 0 Å². The molecule has 0 spiro atoms. The second kappa shape index (κ2) is 5.83. The number of aromatic amines is 1. The molecule has 7 nitrogen and oxygen atoms in total. The fraction of sp³-hybridized carbons (Fsp3) is 0.412. The number of likely N-dealkylation sites (tertiary alicyclic amines) is 1. The molecule has 2 aromatic rings. The molecule has 0 radical (unpaired) electrons. The summed E-state index contributed by atoms with van der Waals surface area (Å²) in [6.07, 6.45) is 1.79. The number of imidazole rings is 1. The number of H-pyrrole nitrogens is 1. The van der Waals surface area contributed by atoms with Gasteiger partial charge in [0.1, 0.15) is 5.82 Å². The third kappa shape index (κ3) is 2.71. The highest BCUT2D eigenvalue weighted by molar-refractivity contribution is 5.72. The monoisotopic (exact) mass is 329 g/mol. The first kappa shape index (κ1) is 15.0. The van der Waals surface area contributed by atoms with Gasteiger partial charge in [-0.1, -0.05) is 6.07 Å². The number of hydrogen-bond donors (Lipinski definition) is 2. The molecule has 2 atom stereocenters. The largest absolute Gasteiger partial charge is 0.481 e. The summed E-state index contributed by atoms with van der Waals surface area (Å²) in [4.78, 5) is 21.4. The first-order chi connectivity index (χ1) is 11.6. The number of aryl methyl sites for hydroxylation is 1. The van der Waals surface area contributed by atoms with Crippen LogP contribution >= 0.6 is 0 Å². The van der Waals surface area contributed by atoms with Crippen LogP contribution in [0.1, 0.15) is 23.0 Å². The molecular formula is C17H19N3O4. The molecule has 1 aromatic carbocycles. The van der Waals surface area contributed by atoms with Gasteiger partial charge in [0.15, 0.2) is 11.5 Å². The van der Waals surface area contributed by atoms with Gasteiger partial charge in [-0.3, -0.25) is 9.69 Å². The van der Waals surface area contributed by atoms with Crippen LogP contribution in [0.5, 0.6) is 11.5 Å². The second-order valence-corrected chi connectivity index (χ2v) is 6.37. The maximum atomic E-state index is 11.7. The third-order valence-electron chi connectivity index (χ3n) is 4.67. The zero-order chi connectivity index (χ0) is 16.7. The maximum absolute atomic E-state index is 11.7. The third-order valence-corrected chi connectivity index (χ3v) is 4.67. The zero-order valence-corrected chi connectivity index (χ0v) is 13.4. The Bertz CT molecular complexity index is 773. The van der Waals surface area contributed by atoms with Crippen LogP contribution in [0.15, 0.2) is 24.4 Å². The van der Waals surface area contributed by atoms with Crippen LogP contribution in [0.3, 0.4) is 0 Å². The molecule has 2 aliphatic heterocycles. The van der Waals surface area contributed by atoms with Crippen LogP contribution in [0.4, 0.5) is 0 Å². The fourth-order valence-corrected chi connectivity index (χ4v) is 3.51. The van der Waals surface area contributed by atoms with Crippen LogP contribution in [-0.2, 0) is 11.3 Å².